The molecular formula is C13H12O7. The fourth-order valence-corrected chi connectivity index (χ4v) is 1.35. The van der Waals surface area contributed by atoms with Crippen LogP contribution in [0.1, 0.15) is 31.1 Å². The average molecular weight is 280 g/mol. The molecule has 0 fully saturated rings. The number of ether oxygens (including phenoxy) is 3. The van der Waals surface area contributed by atoms with Crippen molar-refractivity contribution in [1.82, 2.24) is 0 Å². The summed E-state index contributed by atoms with van der Waals surface area (Å²) in [6, 6.07) is 4.00. The smallest absolute Gasteiger partial charge is 0.349 e. The molecule has 7 nitrogen and oxygen atoms in total. The van der Waals surface area contributed by atoms with Crippen LogP contribution < -0.4 is 9.47 Å². The number of carbonyl (C=O) groups is 4. The van der Waals surface area contributed by atoms with Crippen molar-refractivity contribution >= 4 is 23.9 Å². The van der Waals surface area contributed by atoms with Gasteiger partial charge in [0.15, 0.2) is 11.5 Å². The highest BCUT2D eigenvalue weighted by Gasteiger charge is 2.22. The fraction of sp³-hybridized carbons (Fsp3) is 0.231. The van der Waals surface area contributed by atoms with Crippen LogP contribution in [-0.2, 0) is 19.1 Å². The summed E-state index contributed by atoms with van der Waals surface area (Å²) in [6.45, 7) is 3.32. The van der Waals surface area contributed by atoms with Gasteiger partial charge in [-0.1, -0.05) is 6.07 Å². The first kappa shape index (κ1) is 15.4. The lowest BCUT2D eigenvalue weighted by Gasteiger charge is -2.11. The predicted molar refractivity (Wildman–Crippen MR) is 65.2 cm³/mol. The van der Waals surface area contributed by atoms with Gasteiger partial charge in [0.25, 0.3) is 0 Å². The fourth-order valence-electron chi connectivity index (χ4n) is 1.35. The molecular weight excluding hydrogens is 268 g/mol. The lowest BCUT2D eigenvalue weighted by molar-refractivity contribution is -0.135. The third-order valence-corrected chi connectivity index (χ3v) is 1.93. The van der Waals surface area contributed by atoms with E-state index in [9.17, 15) is 19.2 Å². The van der Waals surface area contributed by atoms with E-state index in [1.54, 1.807) is 0 Å². The van der Waals surface area contributed by atoms with Gasteiger partial charge < -0.3 is 14.2 Å². The Morgan fingerprint density at radius 1 is 0.850 bits per heavy atom. The van der Waals surface area contributed by atoms with Gasteiger partial charge in [0.05, 0.1) is 0 Å². The molecule has 0 atom stereocenters. The summed E-state index contributed by atoms with van der Waals surface area (Å²) >= 11 is 0. The summed E-state index contributed by atoms with van der Waals surface area (Å²) in [5, 5.41) is 0. The van der Waals surface area contributed by atoms with Crippen LogP contribution in [0.2, 0.25) is 0 Å². The van der Waals surface area contributed by atoms with Crippen LogP contribution in [0.3, 0.4) is 0 Å². The van der Waals surface area contributed by atoms with Crippen LogP contribution in [0.15, 0.2) is 18.2 Å². The summed E-state index contributed by atoms with van der Waals surface area (Å²) in [5.41, 5.74) is -0.200. The molecule has 1 aromatic carbocycles. The van der Waals surface area contributed by atoms with Crippen molar-refractivity contribution in [2.45, 2.75) is 20.8 Å². The Labute approximate surface area is 114 Å². The SMILES string of the molecule is CC(=O)OC(=O)c1cccc(OC(C)=O)c1OC(C)=O. The van der Waals surface area contributed by atoms with E-state index in [0.29, 0.717) is 0 Å². The van der Waals surface area contributed by atoms with Crippen LogP contribution in [0.25, 0.3) is 0 Å². The number of benzene rings is 1. The molecule has 0 heterocycles. The van der Waals surface area contributed by atoms with Crippen LogP contribution in [-0.4, -0.2) is 23.9 Å². The first-order valence-corrected chi connectivity index (χ1v) is 5.54. The van der Waals surface area contributed by atoms with Gasteiger partial charge in [0.2, 0.25) is 0 Å². The topological polar surface area (TPSA) is 96.0 Å². The molecule has 106 valence electrons. The molecule has 0 amide bonds. The number of esters is 4. The monoisotopic (exact) mass is 280 g/mol. The van der Waals surface area contributed by atoms with E-state index >= 15 is 0 Å². The number of rotatable bonds is 3. The zero-order chi connectivity index (χ0) is 15.3. The van der Waals surface area contributed by atoms with E-state index in [-0.39, 0.29) is 17.1 Å². The van der Waals surface area contributed by atoms with Crippen LogP contribution in [0.4, 0.5) is 0 Å². The first-order valence-electron chi connectivity index (χ1n) is 5.54. The largest absolute Gasteiger partial charge is 0.423 e. The molecule has 0 aliphatic rings. The summed E-state index contributed by atoms with van der Waals surface area (Å²) in [4.78, 5) is 44.6. The van der Waals surface area contributed by atoms with E-state index < -0.39 is 23.9 Å². The van der Waals surface area contributed by atoms with Gasteiger partial charge in [0, 0.05) is 20.8 Å². The number of hydrogen-bond acceptors (Lipinski definition) is 7. The third-order valence-electron chi connectivity index (χ3n) is 1.93. The summed E-state index contributed by atoms with van der Waals surface area (Å²) < 4.78 is 14.1. The second-order valence-electron chi connectivity index (χ2n) is 3.70. The molecule has 0 saturated carbocycles. The zero-order valence-electron chi connectivity index (χ0n) is 11.1. The molecule has 1 rings (SSSR count). The molecule has 0 radical (unpaired) electrons. The van der Waals surface area contributed by atoms with Crippen molar-refractivity contribution < 1.29 is 33.4 Å². The van der Waals surface area contributed by atoms with E-state index in [1.807, 2.05) is 0 Å². The molecule has 1 aromatic rings. The minimum absolute atomic E-state index is 0.120. The van der Waals surface area contributed by atoms with Crippen molar-refractivity contribution in [2.24, 2.45) is 0 Å². The molecule has 0 aromatic heterocycles. The first-order chi connectivity index (χ1) is 9.31. The lowest BCUT2D eigenvalue weighted by Crippen LogP contribution is -2.14. The summed E-state index contributed by atoms with van der Waals surface area (Å²) in [5.74, 6) is -3.60. The van der Waals surface area contributed by atoms with Crippen LogP contribution >= 0.6 is 0 Å². The van der Waals surface area contributed by atoms with Gasteiger partial charge in [-0.3, -0.25) is 14.4 Å². The Morgan fingerprint density at radius 2 is 1.45 bits per heavy atom. The number of para-hydroxylation sites is 1. The second kappa shape index (κ2) is 6.46. The maximum absolute atomic E-state index is 11.7. The number of carbonyl (C=O) groups excluding carboxylic acids is 4. The van der Waals surface area contributed by atoms with Gasteiger partial charge >= 0.3 is 23.9 Å². The molecule has 0 unspecified atom stereocenters. The second-order valence-corrected chi connectivity index (χ2v) is 3.70. The molecule has 20 heavy (non-hydrogen) atoms. The van der Waals surface area contributed by atoms with Gasteiger partial charge in [-0.2, -0.15) is 0 Å². The Bertz CT molecular complexity index is 574. The third kappa shape index (κ3) is 4.20. The van der Waals surface area contributed by atoms with Gasteiger partial charge in [0.1, 0.15) is 5.56 Å². The van der Waals surface area contributed by atoms with Crippen molar-refractivity contribution in [3.05, 3.63) is 23.8 Å². The Balaban J connectivity index is 3.27. The lowest BCUT2D eigenvalue weighted by atomic mass is 10.2. The molecule has 7 heteroatoms. The number of hydrogen-bond donors (Lipinski definition) is 0. The van der Waals surface area contributed by atoms with Crippen molar-refractivity contribution in [3.63, 3.8) is 0 Å². The molecule has 0 spiro atoms. The highest BCUT2D eigenvalue weighted by atomic mass is 16.6. The summed E-state index contributed by atoms with van der Waals surface area (Å²) in [6.07, 6.45) is 0. The molecule has 0 N–H and O–H groups in total. The minimum atomic E-state index is -1.01. The van der Waals surface area contributed by atoms with Crippen molar-refractivity contribution in [3.8, 4) is 11.5 Å². The van der Waals surface area contributed by atoms with Crippen molar-refractivity contribution in [1.29, 1.82) is 0 Å². The quantitative estimate of drug-likeness (QED) is 0.467. The normalized spacial score (nSPS) is 9.55. The zero-order valence-corrected chi connectivity index (χ0v) is 11.1. The highest BCUT2D eigenvalue weighted by Crippen LogP contribution is 2.32. The minimum Gasteiger partial charge on any atom is -0.423 e. The predicted octanol–water partition coefficient (Wildman–Crippen LogP) is 1.24. The van der Waals surface area contributed by atoms with E-state index in [1.165, 1.54) is 18.2 Å². The van der Waals surface area contributed by atoms with Crippen molar-refractivity contribution in [2.75, 3.05) is 0 Å². The molecule has 0 bridgehead atoms. The van der Waals surface area contributed by atoms with Crippen LogP contribution in [0.5, 0.6) is 11.5 Å². The Kier molecular flexibility index (Phi) is 4.96. The highest BCUT2D eigenvalue weighted by molar-refractivity contribution is 6.00. The Morgan fingerprint density at radius 3 is 1.95 bits per heavy atom. The molecule has 0 saturated heterocycles. The van der Waals surface area contributed by atoms with E-state index in [0.717, 1.165) is 20.8 Å². The van der Waals surface area contributed by atoms with Gasteiger partial charge in [-0.25, -0.2) is 4.79 Å². The maximum atomic E-state index is 11.7. The standard InChI is InChI=1S/C13H12O7/c1-7(14)18-11-6-4-5-10(12(11)19-8(2)15)13(17)20-9(3)16/h4-6H,1-3H3. The Hall–Kier alpha value is -2.70. The van der Waals surface area contributed by atoms with Gasteiger partial charge in [-0.05, 0) is 12.1 Å². The van der Waals surface area contributed by atoms with Gasteiger partial charge in [-0.15, -0.1) is 0 Å². The van der Waals surface area contributed by atoms with E-state index in [4.69, 9.17) is 9.47 Å². The average Bonchev–Trinajstić information content (AvgIpc) is 2.28. The van der Waals surface area contributed by atoms with E-state index in [2.05, 4.69) is 4.74 Å². The molecule has 0 aliphatic heterocycles. The molecule has 0 aliphatic carbocycles. The summed E-state index contributed by atoms with van der Waals surface area (Å²) in [7, 11) is 0. The maximum Gasteiger partial charge on any atom is 0.349 e. The van der Waals surface area contributed by atoms with Crippen LogP contribution in [0, 0.1) is 0 Å².